The van der Waals surface area contributed by atoms with Gasteiger partial charge in [-0.05, 0) is 36.5 Å². The Morgan fingerprint density at radius 2 is 1.84 bits per heavy atom. The Morgan fingerprint density at radius 3 is 2.26 bits per heavy atom. The zero-order chi connectivity index (χ0) is 14.0. The average molecular weight is 261 g/mol. The molecule has 1 saturated carbocycles. The van der Waals surface area contributed by atoms with Crippen LogP contribution in [0, 0.1) is 5.92 Å². The molecule has 0 aromatic heterocycles. The van der Waals surface area contributed by atoms with Crippen LogP contribution in [0.15, 0.2) is 24.3 Å². The lowest BCUT2D eigenvalue weighted by Gasteiger charge is -2.19. The van der Waals surface area contributed by atoms with Gasteiger partial charge in [-0.15, -0.1) is 0 Å². The first-order chi connectivity index (χ1) is 8.93. The number of carboxylic acids is 1. The van der Waals surface area contributed by atoms with Gasteiger partial charge < -0.3 is 10.4 Å². The van der Waals surface area contributed by atoms with Crippen LogP contribution in [-0.2, 0) is 10.3 Å². The Bertz CT molecular complexity index is 487. The van der Waals surface area contributed by atoms with Gasteiger partial charge in [-0.2, -0.15) is 0 Å². The summed E-state index contributed by atoms with van der Waals surface area (Å²) in [5, 5.41) is 11.9. The maximum Gasteiger partial charge on any atom is 0.335 e. The molecule has 19 heavy (non-hydrogen) atoms. The fraction of sp³-hybridized carbons (Fsp3) is 0.467. The molecule has 4 nitrogen and oxygen atoms in total. The van der Waals surface area contributed by atoms with E-state index in [1.165, 1.54) is 0 Å². The van der Waals surface area contributed by atoms with Crippen molar-refractivity contribution in [1.29, 1.82) is 0 Å². The summed E-state index contributed by atoms with van der Waals surface area (Å²) in [5.41, 5.74) is 1.01. The summed E-state index contributed by atoms with van der Waals surface area (Å²) < 4.78 is 0. The van der Waals surface area contributed by atoms with Crippen LogP contribution in [-0.4, -0.2) is 17.0 Å². The molecule has 2 rings (SSSR count). The molecule has 0 aliphatic heterocycles. The Balaban J connectivity index is 2.08. The zero-order valence-electron chi connectivity index (χ0n) is 11.3. The van der Waals surface area contributed by atoms with E-state index in [1.807, 2.05) is 13.8 Å². The smallest absolute Gasteiger partial charge is 0.335 e. The number of hydrogen-bond donors (Lipinski definition) is 2. The molecule has 0 radical (unpaired) electrons. The molecule has 0 bridgehead atoms. The minimum Gasteiger partial charge on any atom is -0.478 e. The van der Waals surface area contributed by atoms with Crippen LogP contribution >= 0.6 is 0 Å². The molecule has 4 heteroatoms. The highest BCUT2D eigenvalue weighted by molar-refractivity contribution is 5.87. The lowest BCUT2D eigenvalue weighted by atomic mass is 10.0. The van der Waals surface area contributed by atoms with E-state index in [4.69, 9.17) is 5.11 Å². The maximum atomic E-state index is 11.9. The molecule has 0 saturated heterocycles. The highest BCUT2D eigenvalue weighted by atomic mass is 16.4. The van der Waals surface area contributed by atoms with Crippen LogP contribution < -0.4 is 5.32 Å². The normalized spacial score (nSPS) is 16.2. The number of amides is 1. The van der Waals surface area contributed by atoms with Crippen molar-refractivity contribution in [2.45, 2.75) is 38.6 Å². The monoisotopic (exact) mass is 261 g/mol. The Hall–Kier alpha value is -1.84. The van der Waals surface area contributed by atoms with Crippen LogP contribution in [0.25, 0.3) is 0 Å². The van der Waals surface area contributed by atoms with E-state index >= 15 is 0 Å². The fourth-order valence-corrected chi connectivity index (χ4v) is 2.23. The molecule has 1 fully saturated rings. The van der Waals surface area contributed by atoms with E-state index in [0.29, 0.717) is 12.3 Å². The van der Waals surface area contributed by atoms with E-state index in [0.717, 1.165) is 18.4 Å². The predicted molar refractivity (Wildman–Crippen MR) is 71.9 cm³/mol. The van der Waals surface area contributed by atoms with E-state index in [1.54, 1.807) is 24.3 Å². The maximum absolute atomic E-state index is 11.9. The van der Waals surface area contributed by atoms with E-state index in [-0.39, 0.29) is 17.0 Å². The number of hydrogen-bond acceptors (Lipinski definition) is 2. The third-order valence-corrected chi connectivity index (χ3v) is 3.41. The predicted octanol–water partition coefficient (Wildman–Crippen LogP) is 2.54. The van der Waals surface area contributed by atoms with Crippen LogP contribution in [0.2, 0.25) is 0 Å². The molecule has 0 spiro atoms. The van der Waals surface area contributed by atoms with Gasteiger partial charge in [-0.1, -0.05) is 26.0 Å². The van der Waals surface area contributed by atoms with Crippen molar-refractivity contribution >= 4 is 11.9 Å². The van der Waals surface area contributed by atoms with Crippen molar-refractivity contribution in [3.63, 3.8) is 0 Å². The molecule has 0 atom stereocenters. The Labute approximate surface area is 112 Å². The molecule has 102 valence electrons. The zero-order valence-corrected chi connectivity index (χ0v) is 11.3. The van der Waals surface area contributed by atoms with Crippen LogP contribution in [0.3, 0.4) is 0 Å². The van der Waals surface area contributed by atoms with Crippen molar-refractivity contribution in [2.24, 2.45) is 5.92 Å². The molecule has 1 amide bonds. The summed E-state index contributed by atoms with van der Waals surface area (Å²) >= 11 is 0. The lowest BCUT2D eigenvalue weighted by molar-refractivity contribution is -0.122. The van der Waals surface area contributed by atoms with Crippen molar-refractivity contribution in [2.75, 3.05) is 0 Å². The summed E-state index contributed by atoms with van der Waals surface area (Å²) in [6, 6.07) is 6.77. The van der Waals surface area contributed by atoms with Gasteiger partial charge in [0.05, 0.1) is 11.1 Å². The van der Waals surface area contributed by atoms with Crippen LogP contribution in [0.1, 0.15) is 49.0 Å². The third kappa shape index (κ3) is 3.13. The van der Waals surface area contributed by atoms with Gasteiger partial charge in [0.1, 0.15) is 0 Å². The quantitative estimate of drug-likeness (QED) is 0.856. The third-order valence-electron chi connectivity index (χ3n) is 3.41. The average Bonchev–Trinajstić information content (AvgIpc) is 3.09. The van der Waals surface area contributed by atoms with Crippen LogP contribution in [0.5, 0.6) is 0 Å². The van der Waals surface area contributed by atoms with Gasteiger partial charge in [0.2, 0.25) is 5.91 Å². The second-order valence-electron chi connectivity index (χ2n) is 5.61. The molecule has 1 aliphatic carbocycles. The molecule has 1 aliphatic rings. The summed E-state index contributed by atoms with van der Waals surface area (Å²) in [6.45, 7) is 4.03. The Kier molecular flexibility index (Phi) is 3.60. The molecule has 0 heterocycles. The lowest BCUT2D eigenvalue weighted by Crippen LogP contribution is -2.35. The minimum absolute atomic E-state index is 0.0646. The topological polar surface area (TPSA) is 66.4 Å². The summed E-state index contributed by atoms with van der Waals surface area (Å²) in [7, 11) is 0. The van der Waals surface area contributed by atoms with E-state index in [9.17, 15) is 9.59 Å². The molecule has 0 unspecified atom stereocenters. The molecular formula is C15H19NO3. The van der Waals surface area contributed by atoms with Gasteiger partial charge in [-0.25, -0.2) is 4.79 Å². The van der Waals surface area contributed by atoms with Crippen molar-refractivity contribution < 1.29 is 14.7 Å². The number of benzene rings is 1. The standard InChI is InChI=1S/C15H19NO3/c1-10(2)9-13(17)16-15(7-8-15)12-5-3-11(4-6-12)14(18)19/h3-6,10H,7-9H2,1-2H3,(H,16,17)(H,18,19). The van der Waals surface area contributed by atoms with Gasteiger partial charge in [-0.3, -0.25) is 4.79 Å². The minimum atomic E-state index is -0.930. The number of aromatic carboxylic acids is 1. The Morgan fingerprint density at radius 1 is 1.26 bits per heavy atom. The first-order valence-electron chi connectivity index (χ1n) is 6.58. The summed E-state index contributed by atoms with van der Waals surface area (Å²) in [6.07, 6.45) is 2.36. The number of carbonyl (C=O) groups excluding carboxylic acids is 1. The molecular weight excluding hydrogens is 242 g/mol. The number of nitrogens with one attached hydrogen (secondary N) is 1. The van der Waals surface area contributed by atoms with Crippen molar-refractivity contribution in [3.8, 4) is 0 Å². The van der Waals surface area contributed by atoms with E-state index in [2.05, 4.69) is 5.32 Å². The van der Waals surface area contributed by atoms with Gasteiger partial charge >= 0.3 is 5.97 Å². The number of rotatable bonds is 5. The highest BCUT2D eigenvalue weighted by Gasteiger charge is 2.45. The molecule has 1 aromatic carbocycles. The number of carbonyl (C=O) groups is 2. The van der Waals surface area contributed by atoms with Gasteiger partial charge in [0.25, 0.3) is 0 Å². The van der Waals surface area contributed by atoms with Crippen LogP contribution in [0.4, 0.5) is 0 Å². The first-order valence-corrected chi connectivity index (χ1v) is 6.58. The second kappa shape index (κ2) is 5.03. The first kappa shape index (κ1) is 13.6. The molecule has 1 aromatic rings. The van der Waals surface area contributed by atoms with E-state index < -0.39 is 5.97 Å². The summed E-state index contributed by atoms with van der Waals surface area (Å²) in [5.74, 6) is -0.528. The highest BCUT2D eigenvalue weighted by Crippen LogP contribution is 2.45. The van der Waals surface area contributed by atoms with Crippen molar-refractivity contribution in [1.82, 2.24) is 5.32 Å². The van der Waals surface area contributed by atoms with Crippen molar-refractivity contribution in [3.05, 3.63) is 35.4 Å². The summed E-state index contributed by atoms with van der Waals surface area (Å²) in [4.78, 5) is 22.7. The second-order valence-corrected chi connectivity index (χ2v) is 5.61. The SMILES string of the molecule is CC(C)CC(=O)NC1(c2ccc(C(=O)O)cc2)CC1. The van der Waals surface area contributed by atoms with Gasteiger partial charge in [0.15, 0.2) is 0 Å². The fourth-order valence-electron chi connectivity index (χ4n) is 2.23. The largest absolute Gasteiger partial charge is 0.478 e. The van der Waals surface area contributed by atoms with Gasteiger partial charge in [0, 0.05) is 6.42 Å². The molecule has 2 N–H and O–H groups in total. The number of carboxylic acid groups (broad SMARTS) is 1.